The minimum Gasteiger partial charge on any atom is -0.493 e. The number of azo groups is 1. The van der Waals surface area contributed by atoms with Crippen LogP contribution in [0.15, 0.2) is 34.5 Å². The van der Waals surface area contributed by atoms with Gasteiger partial charge in [-0.15, -0.1) is 10.2 Å². The van der Waals surface area contributed by atoms with Crippen molar-refractivity contribution < 1.29 is 9.90 Å². The predicted molar refractivity (Wildman–Crippen MR) is 73.9 cm³/mol. The molecule has 2 aliphatic carbocycles. The molecule has 5 heteroatoms. The molecule has 0 aliphatic heterocycles. The van der Waals surface area contributed by atoms with Gasteiger partial charge in [-0.05, 0) is 30.7 Å². The van der Waals surface area contributed by atoms with Crippen molar-refractivity contribution in [1.29, 1.82) is 0 Å². The van der Waals surface area contributed by atoms with Crippen LogP contribution in [-0.2, 0) is 4.79 Å². The molecule has 1 aromatic carbocycles. The van der Waals surface area contributed by atoms with Crippen LogP contribution in [0.5, 0.6) is 5.88 Å². The smallest absolute Gasteiger partial charge is 0.268 e. The zero-order chi connectivity index (χ0) is 13.7. The molecule has 2 aliphatic rings. The normalized spacial score (nSPS) is 23.3. The van der Waals surface area contributed by atoms with Crippen LogP contribution in [0.4, 0.5) is 5.69 Å². The lowest BCUT2D eigenvalue weighted by Gasteiger charge is -2.25. The monoisotopic (exact) mass is 269 g/mol. The standard InChI is InChI=1S/C15H15N3O2/c19-13(10-8-15(10)6-3-7-15)18-17-12-9-4-1-2-5-11(9)16-14(12)20/h1-2,4-5,10,16,20H,3,6-8H2. The summed E-state index contributed by atoms with van der Waals surface area (Å²) >= 11 is 0. The van der Waals surface area contributed by atoms with E-state index >= 15 is 0 Å². The third-order valence-corrected chi connectivity index (χ3v) is 4.75. The maximum atomic E-state index is 12.0. The zero-order valence-electron chi connectivity index (χ0n) is 11.0. The Morgan fingerprint density at radius 2 is 2.15 bits per heavy atom. The first kappa shape index (κ1) is 11.6. The molecule has 1 atom stereocenters. The van der Waals surface area contributed by atoms with Gasteiger partial charge in [0.2, 0.25) is 5.88 Å². The number of fused-ring (bicyclic) bond motifs is 1. The van der Waals surface area contributed by atoms with Crippen molar-refractivity contribution in [1.82, 2.24) is 4.98 Å². The lowest BCUT2D eigenvalue weighted by atomic mass is 9.80. The lowest BCUT2D eigenvalue weighted by molar-refractivity contribution is -0.120. The fourth-order valence-electron chi connectivity index (χ4n) is 3.26. The fraction of sp³-hybridized carbons (Fsp3) is 0.400. The highest BCUT2D eigenvalue weighted by Crippen LogP contribution is 2.65. The molecule has 1 heterocycles. The zero-order valence-corrected chi connectivity index (χ0v) is 11.0. The molecule has 1 spiro atoms. The van der Waals surface area contributed by atoms with Gasteiger partial charge in [0, 0.05) is 11.3 Å². The van der Waals surface area contributed by atoms with Crippen molar-refractivity contribution in [3.63, 3.8) is 0 Å². The number of H-pyrrole nitrogens is 1. The molecular weight excluding hydrogens is 254 g/mol. The first-order valence-corrected chi connectivity index (χ1v) is 6.95. The number of aromatic nitrogens is 1. The molecule has 0 bridgehead atoms. The summed E-state index contributed by atoms with van der Waals surface area (Å²) in [6.07, 6.45) is 4.49. The number of hydrogen-bond acceptors (Lipinski definition) is 3. The Morgan fingerprint density at radius 1 is 1.35 bits per heavy atom. The molecule has 1 unspecified atom stereocenters. The van der Waals surface area contributed by atoms with Gasteiger partial charge in [0.1, 0.15) is 0 Å². The van der Waals surface area contributed by atoms with E-state index in [2.05, 4.69) is 15.2 Å². The van der Waals surface area contributed by atoms with E-state index in [1.54, 1.807) is 0 Å². The van der Waals surface area contributed by atoms with Crippen molar-refractivity contribution >= 4 is 22.5 Å². The number of rotatable bonds is 2. The maximum absolute atomic E-state index is 12.0. The number of benzene rings is 1. The topological polar surface area (TPSA) is 77.8 Å². The number of carbonyl (C=O) groups is 1. The van der Waals surface area contributed by atoms with E-state index in [0.717, 1.165) is 30.2 Å². The molecule has 2 N–H and O–H groups in total. The fourth-order valence-corrected chi connectivity index (χ4v) is 3.26. The Labute approximate surface area is 115 Å². The van der Waals surface area contributed by atoms with Gasteiger partial charge in [-0.1, -0.05) is 24.6 Å². The van der Waals surface area contributed by atoms with Gasteiger partial charge in [0.25, 0.3) is 5.91 Å². The van der Waals surface area contributed by atoms with Crippen LogP contribution in [0.25, 0.3) is 10.9 Å². The van der Waals surface area contributed by atoms with Gasteiger partial charge in [-0.2, -0.15) is 0 Å². The number of aromatic amines is 1. The highest BCUT2D eigenvalue weighted by Gasteiger charge is 2.61. The summed E-state index contributed by atoms with van der Waals surface area (Å²) in [5.41, 5.74) is 1.39. The number of para-hydroxylation sites is 1. The summed E-state index contributed by atoms with van der Waals surface area (Å²) in [4.78, 5) is 14.8. The van der Waals surface area contributed by atoms with Gasteiger partial charge in [0.15, 0.2) is 5.69 Å². The molecule has 0 radical (unpaired) electrons. The summed E-state index contributed by atoms with van der Waals surface area (Å²) in [6.45, 7) is 0. The van der Waals surface area contributed by atoms with E-state index in [4.69, 9.17) is 0 Å². The molecule has 1 amide bonds. The second-order valence-electron chi connectivity index (χ2n) is 5.88. The van der Waals surface area contributed by atoms with Crippen LogP contribution in [0.1, 0.15) is 25.7 Å². The molecular formula is C15H15N3O2. The van der Waals surface area contributed by atoms with Crippen LogP contribution in [-0.4, -0.2) is 16.0 Å². The molecule has 2 fully saturated rings. The molecule has 5 nitrogen and oxygen atoms in total. The number of nitrogens with one attached hydrogen (secondary N) is 1. The van der Waals surface area contributed by atoms with E-state index in [0.29, 0.717) is 5.69 Å². The Morgan fingerprint density at radius 3 is 2.85 bits per heavy atom. The van der Waals surface area contributed by atoms with E-state index < -0.39 is 0 Å². The minimum atomic E-state index is -0.144. The van der Waals surface area contributed by atoms with E-state index in [1.807, 2.05) is 24.3 Å². The predicted octanol–water partition coefficient (Wildman–Crippen LogP) is 3.67. The second kappa shape index (κ2) is 3.91. The molecule has 4 rings (SSSR count). The van der Waals surface area contributed by atoms with Gasteiger partial charge in [-0.3, -0.25) is 4.79 Å². The van der Waals surface area contributed by atoms with Crippen LogP contribution >= 0.6 is 0 Å². The third kappa shape index (κ3) is 1.59. The summed E-state index contributed by atoms with van der Waals surface area (Å²) in [5.74, 6) is -0.126. The number of nitrogens with zero attached hydrogens (tertiary/aromatic N) is 2. The average molecular weight is 269 g/mol. The highest BCUT2D eigenvalue weighted by molar-refractivity contribution is 5.94. The van der Waals surface area contributed by atoms with E-state index in [9.17, 15) is 9.90 Å². The van der Waals surface area contributed by atoms with Crippen LogP contribution < -0.4 is 0 Å². The molecule has 1 aromatic heterocycles. The van der Waals surface area contributed by atoms with Crippen LogP contribution in [0, 0.1) is 11.3 Å². The van der Waals surface area contributed by atoms with Crippen LogP contribution in [0.2, 0.25) is 0 Å². The summed E-state index contributed by atoms with van der Waals surface area (Å²) in [7, 11) is 0. The Kier molecular flexibility index (Phi) is 2.28. The number of carbonyl (C=O) groups excluding carboxylic acids is 1. The van der Waals surface area contributed by atoms with Crippen molar-refractivity contribution in [2.24, 2.45) is 21.6 Å². The van der Waals surface area contributed by atoms with Gasteiger partial charge in [0.05, 0.1) is 5.52 Å². The van der Waals surface area contributed by atoms with Crippen molar-refractivity contribution in [3.8, 4) is 5.88 Å². The first-order chi connectivity index (χ1) is 9.70. The molecule has 2 aromatic rings. The molecule has 102 valence electrons. The second-order valence-corrected chi connectivity index (χ2v) is 5.88. The summed E-state index contributed by atoms with van der Waals surface area (Å²) in [6, 6.07) is 7.42. The van der Waals surface area contributed by atoms with Crippen LogP contribution in [0.3, 0.4) is 0 Å². The van der Waals surface area contributed by atoms with E-state index in [-0.39, 0.29) is 23.1 Å². The number of hydrogen-bond donors (Lipinski definition) is 2. The average Bonchev–Trinajstić information content (AvgIpc) is 3.09. The molecule has 2 saturated carbocycles. The third-order valence-electron chi connectivity index (χ3n) is 4.75. The largest absolute Gasteiger partial charge is 0.493 e. The first-order valence-electron chi connectivity index (χ1n) is 6.95. The van der Waals surface area contributed by atoms with Crippen molar-refractivity contribution in [2.75, 3.05) is 0 Å². The minimum absolute atomic E-state index is 0.0445. The lowest BCUT2D eigenvalue weighted by Crippen LogP contribution is -2.17. The van der Waals surface area contributed by atoms with Gasteiger partial charge < -0.3 is 10.1 Å². The quantitative estimate of drug-likeness (QED) is 0.816. The Hall–Kier alpha value is -2.17. The molecule has 0 saturated heterocycles. The Balaban J connectivity index is 1.59. The summed E-state index contributed by atoms with van der Waals surface area (Å²) < 4.78 is 0. The summed E-state index contributed by atoms with van der Waals surface area (Å²) in [5, 5.41) is 18.4. The highest BCUT2D eigenvalue weighted by atomic mass is 16.3. The Bertz CT molecular complexity index is 728. The number of aromatic hydroxyl groups is 1. The number of amides is 1. The SMILES string of the molecule is O=C(N=Nc1c(O)[nH]c2ccccc12)C1CC12CCC2. The van der Waals surface area contributed by atoms with Gasteiger partial charge >= 0.3 is 0 Å². The molecule has 20 heavy (non-hydrogen) atoms. The van der Waals surface area contributed by atoms with Gasteiger partial charge in [-0.25, -0.2) is 0 Å². The maximum Gasteiger partial charge on any atom is 0.268 e. The van der Waals surface area contributed by atoms with E-state index in [1.165, 1.54) is 6.42 Å². The van der Waals surface area contributed by atoms with Crippen molar-refractivity contribution in [3.05, 3.63) is 24.3 Å². The van der Waals surface area contributed by atoms with Crippen molar-refractivity contribution in [2.45, 2.75) is 25.7 Å².